The van der Waals surface area contributed by atoms with E-state index in [1.165, 1.54) is 11.1 Å². The summed E-state index contributed by atoms with van der Waals surface area (Å²) >= 11 is 3.51. The van der Waals surface area contributed by atoms with Crippen molar-refractivity contribution in [2.75, 3.05) is 0 Å². The predicted molar refractivity (Wildman–Crippen MR) is 95.3 cm³/mol. The maximum Gasteiger partial charge on any atom is 0.408 e. The summed E-state index contributed by atoms with van der Waals surface area (Å²) < 4.78 is 6.79. The third-order valence-corrected chi connectivity index (χ3v) is 4.15. The Morgan fingerprint density at radius 1 is 1.32 bits per heavy atom. The minimum absolute atomic E-state index is 0. The van der Waals surface area contributed by atoms with E-state index in [2.05, 4.69) is 46.4 Å². The number of nitrogens with one attached hydrogen (secondary N) is 1. The standard InChI is InChI=1S/C17H24BrNO2.CH4/c1-5-12-10-14(18)7-6-13(12)11-17(8-9-17)21-15(20)19-16(2,3)4;/h6-7,10H,5,8-9,11H2,1-4H3,(H,19,20);1H4. The van der Waals surface area contributed by atoms with Crippen molar-refractivity contribution >= 4 is 22.0 Å². The molecule has 0 spiro atoms. The number of hydrogen-bond donors (Lipinski definition) is 1. The lowest BCUT2D eigenvalue weighted by Gasteiger charge is -2.24. The highest BCUT2D eigenvalue weighted by molar-refractivity contribution is 9.10. The van der Waals surface area contributed by atoms with Crippen LogP contribution in [0.4, 0.5) is 4.79 Å². The SMILES string of the molecule is C.CCc1cc(Br)ccc1CC1(OC(=O)NC(C)(C)C)CC1. The minimum atomic E-state index is -0.310. The molecule has 4 heteroatoms. The van der Waals surface area contributed by atoms with Gasteiger partial charge in [0.25, 0.3) is 0 Å². The molecule has 0 aliphatic heterocycles. The molecule has 0 unspecified atom stereocenters. The van der Waals surface area contributed by atoms with Crippen molar-refractivity contribution in [3.63, 3.8) is 0 Å². The van der Waals surface area contributed by atoms with Gasteiger partial charge in [-0.15, -0.1) is 0 Å². The van der Waals surface area contributed by atoms with Gasteiger partial charge in [0, 0.05) is 16.4 Å². The van der Waals surface area contributed by atoms with Crippen molar-refractivity contribution in [3.8, 4) is 0 Å². The van der Waals surface area contributed by atoms with Crippen LogP contribution in [0.3, 0.4) is 0 Å². The van der Waals surface area contributed by atoms with Crippen LogP contribution >= 0.6 is 15.9 Å². The lowest BCUT2D eigenvalue weighted by molar-refractivity contribution is 0.0768. The molecule has 1 aromatic carbocycles. The van der Waals surface area contributed by atoms with E-state index in [4.69, 9.17) is 4.74 Å². The number of hydrogen-bond acceptors (Lipinski definition) is 2. The number of halogens is 1. The number of ether oxygens (including phenoxy) is 1. The average molecular weight is 370 g/mol. The zero-order valence-electron chi connectivity index (χ0n) is 13.3. The van der Waals surface area contributed by atoms with Gasteiger partial charge in [-0.1, -0.05) is 36.3 Å². The summed E-state index contributed by atoms with van der Waals surface area (Å²) in [6.07, 6.45) is 3.38. The summed E-state index contributed by atoms with van der Waals surface area (Å²) in [7, 11) is 0. The molecule has 1 aromatic rings. The molecule has 0 atom stereocenters. The number of carbonyl (C=O) groups excluding carboxylic acids is 1. The fourth-order valence-electron chi connectivity index (χ4n) is 2.43. The molecule has 22 heavy (non-hydrogen) atoms. The highest BCUT2D eigenvalue weighted by atomic mass is 79.9. The first kappa shape index (κ1) is 19.0. The quantitative estimate of drug-likeness (QED) is 0.786. The predicted octanol–water partition coefficient (Wildman–Crippen LogP) is 5.25. The Balaban J connectivity index is 0.00000242. The molecule has 1 amide bonds. The Morgan fingerprint density at radius 2 is 1.95 bits per heavy atom. The molecule has 1 saturated carbocycles. The molecule has 3 nitrogen and oxygen atoms in total. The molecular weight excluding hydrogens is 342 g/mol. The number of carbonyl (C=O) groups is 1. The summed E-state index contributed by atoms with van der Waals surface area (Å²) in [6.45, 7) is 8.02. The van der Waals surface area contributed by atoms with Gasteiger partial charge in [0.1, 0.15) is 5.60 Å². The Kier molecular flexibility index (Phi) is 6.08. The third-order valence-electron chi connectivity index (χ3n) is 3.66. The van der Waals surface area contributed by atoms with Crippen molar-refractivity contribution in [1.82, 2.24) is 5.32 Å². The van der Waals surface area contributed by atoms with Crippen molar-refractivity contribution in [3.05, 3.63) is 33.8 Å². The third kappa shape index (κ3) is 5.31. The maximum absolute atomic E-state index is 12.0. The average Bonchev–Trinajstić information content (AvgIpc) is 3.08. The van der Waals surface area contributed by atoms with E-state index in [1.54, 1.807) is 0 Å². The first-order valence-corrected chi connectivity index (χ1v) is 8.31. The second-order valence-corrected chi connectivity index (χ2v) is 7.81. The van der Waals surface area contributed by atoms with Gasteiger partial charge >= 0.3 is 6.09 Å². The van der Waals surface area contributed by atoms with Crippen LogP contribution in [-0.4, -0.2) is 17.2 Å². The van der Waals surface area contributed by atoms with Crippen LogP contribution in [0, 0.1) is 0 Å². The number of aryl methyl sites for hydroxylation is 1. The van der Waals surface area contributed by atoms with Gasteiger partial charge in [-0.3, -0.25) is 0 Å². The van der Waals surface area contributed by atoms with E-state index in [-0.39, 0.29) is 24.7 Å². The number of amides is 1. The maximum atomic E-state index is 12.0. The van der Waals surface area contributed by atoms with Crippen LogP contribution in [0.5, 0.6) is 0 Å². The zero-order valence-corrected chi connectivity index (χ0v) is 14.8. The van der Waals surface area contributed by atoms with E-state index in [9.17, 15) is 4.79 Å². The van der Waals surface area contributed by atoms with Crippen LogP contribution in [0.2, 0.25) is 0 Å². The molecule has 0 saturated heterocycles. The summed E-state index contributed by atoms with van der Waals surface area (Å²) in [6, 6.07) is 6.34. The Hall–Kier alpha value is -1.03. The lowest BCUT2D eigenvalue weighted by atomic mass is 9.99. The molecule has 1 aliphatic carbocycles. The highest BCUT2D eigenvalue weighted by Gasteiger charge is 2.47. The van der Waals surface area contributed by atoms with Crippen molar-refractivity contribution in [2.24, 2.45) is 0 Å². The topological polar surface area (TPSA) is 38.3 Å². The second-order valence-electron chi connectivity index (χ2n) is 6.89. The van der Waals surface area contributed by atoms with Crippen LogP contribution in [0.1, 0.15) is 59.1 Å². The Labute approximate surface area is 143 Å². The molecule has 1 fully saturated rings. The first-order valence-electron chi connectivity index (χ1n) is 7.51. The summed E-state index contributed by atoms with van der Waals surface area (Å²) in [4.78, 5) is 12.0. The summed E-state index contributed by atoms with van der Waals surface area (Å²) in [5.74, 6) is 0. The van der Waals surface area contributed by atoms with Gasteiger partial charge in [-0.25, -0.2) is 4.79 Å². The summed E-state index contributed by atoms with van der Waals surface area (Å²) in [5.41, 5.74) is 2.03. The van der Waals surface area contributed by atoms with E-state index in [1.807, 2.05) is 20.8 Å². The van der Waals surface area contributed by atoms with E-state index in [0.29, 0.717) is 0 Å². The fraction of sp³-hybridized carbons (Fsp3) is 0.611. The van der Waals surface area contributed by atoms with Crippen molar-refractivity contribution in [1.29, 1.82) is 0 Å². The normalized spacial score (nSPS) is 15.7. The second kappa shape index (κ2) is 7.03. The van der Waals surface area contributed by atoms with Gasteiger partial charge in [0.2, 0.25) is 0 Å². The number of alkyl carbamates (subject to hydrolysis) is 1. The fourth-order valence-corrected chi connectivity index (χ4v) is 2.83. The Morgan fingerprint density at radius 3 is 2.45 bits per heavy atom. The first-order chi connectivity index (χ1) is 9.73. The molecular formula is C18H28BrNO2. The van der Waals surface area contributed by atoms with Gasteiger partial charge in [0.05, 0.1) is 0 Å². The van der Waals surface area contributed by atoms with E-state index >= 15 is 0 Å². The van der Waals surface area contributed by atoms with E-state index in [0.717, 1.165) is 30.2 Å². The van der Waals surface area contributed by atoms with Gasteiger partial charge < -0.3 is 10.1 Å². The molecule has 2 rings (SSSR count). The highest BCUT2D eigenvalue weighted by Crippen LogP contribution is 2.43. The monoisotopic (exact) mass is 369 g/mol. The van der Waals surface area contributed by atoms with Crippen LogP contribution in [0.15, 0.2) is 22.7 Å². The van der Waals surface area contributed by atoms with Gasteiger partial charge in [-0.05, 0) is 63.3 Å². The molecule has 1 aliphatic rings. The van der Waals surface area contributed by atoms with Crippen LogP contribution < -0.4 is 5.32 Å². The molecule has 1 N–H and O–H groups in total. The van der Waals surface area contributed by atoms with Crippen molar-refractivity contribution < 1.29 is 9.53 Å². The van der Waals surface area contributed by atoms with Crippen LogP contribution in [-0.2, 0) is 17.6 Å². The number of rotatable bonds is 4. The Bertz CT molecular complexity index is 530. The molecule has 0 radical (unpaired) electrons. The molecule has 0 heterocycles. The number of benzene rings is 1. The zero-order chi connectivity index (χ0) is 15.7. The van der Waals surface area contributed by atoms with Crippen molar-refractivity contribution in [2.45, 2.75) is 71.9 Å². The smallest absolute Gasteiger partial charge is 0.408 e. The minimum Gasteiger partial charge on any atom is -0.443 e. The van der Waals surface area contributed by atoms with Crippen LogP contribution in [0.25, 0.3) is 0 Å². The molecule has 0 bridgehead atoms. The van der Waals surface area contributed by atoms with Gasteiger partial charge in [-0.2, -0.15) is 0 Å². The lowest BCUT2D eigenvalue weighted by Crippen LogP contribution is -2.43. The largest absolute Gasteiger partial charge is 0.443 e. The van der Waals surface area contributed by atoms with E-state index < -0.39 is 0 Å². The van der Waals surface area contributed by atoms with Gasteiger partial charge in [0.15, 0.2) is 0 Å². The summed E-state index contributed by atoms with van der Waals surface area (Å²) in [5, 5.41) is 2.87. The molecule has 124 valence electrons. The molecule has 0 aromatic heterocycles.